The monoisotopic (exact) mass is 316 g/mol. The van der Waals surface area contributed by atoms with Gasteiger partial charge in [-0.15, -0.1) is 0 Å². The molecule has 2 aliphatic heterocycles. The van der Waals surface area contributed by atoms with Crippen molar-refractivity contribution in [3.63, 3.8) is 0 Å². The third-order valence-corrected chi connectivity index (χ3v) is 7.10. The van der Waals surface area contributed by atoms with Gasteiger partial charge < -0.3 is 5.32 Å². The molecule has 4 nitrogen and oxygen atoms in total. The van der Waals surface area contributed by atoms with Gasteiger partial charge in [0.15, 0.2) is 0 Å². The second-order valence-electron chi connectivity index (χ2n) is 7.82. The third-order valence-electron chi connectivity index (χ3n) is 5.13. The summed E-state index contributed by atoms with van der Waals surface area (Å²) in [7, 11) is -3.10. The fourth-order valence-electron chi connectivity index (χ4n) is 3.64. The summed E-state index contributed by atoms with van der Waals surface area (Å²) in [5.74, 6) is 0.915. The van der Waals surface area contributed by atoms with E-state index in [0.717, 1.165) is 38.6 Å². The predicted octanol–water partition coefficient (Wildman–Crippen LogP) is 2.61. The smallest absolute Gasteiger partial charge is 0.215 e. The van der Waals surface area contributed by atoms with Gasteiger partial charge in [-0.1, -0.05) is 27.2 Å². The zero-order valence-electron chi connectivity index (χ0n) is 13.9. The van der Waals surface area contributed by atoms with Gasteiger partial charge in [0.1, 0.15) is 0 Å². The highest BCUT2D eigenvalue weighted by Gasteiger charge is 2.32. The van der Waals surface area contributed by atoms with Crippen LogP contribution in [0, 0.1) is 11.3 Å². The molecule has 0 aromatic carbocycles. The molecule has 0 aromatic heterocycles. The van der Waals surface area contributed by atoms with Crippen LogP contribution in [0.15, 0.2) is 0 Å². The molecule has 2 aliphatic rings. The van der Waals surface area contributed by atoms with Gasteiger partial charge in [-0.05, 0) is 50.0 Å². The first kappa shape index (κ1) is 17.2. The Morgan fingerprint density at radius 2 is 1.81 bits per heavy atom. The van der Waals surface area contributed by atoms with E-state index in [1.807, 2.05) is 0 Å². The van der Waals surface area contributed by atoms with Crippen molar-refractivity contribution in [3.8, 4) is 0 Å². The minimum absolute atomic E-state index is 0.158. The molecule has 2 unspecified atom stereocenters. The zero-order chi connectivity index (χ0) is 15.5. The lowest BCUT2D eigenvalue weighted by atomic mass is 9.77. The lowest BCUT2D eigenvalue weighted by molar-refractivity contribution is 0.216. The fraction of sp³-hybridized carbons (Fsp3) is 1.00. The molecule has 0 bridgehead atoms. The van der Waals surface area contributed by atoms with Crippen molar-refractivity contribution in [3.05, 3.63) is 0 Å². The normalized spacial score (nSPS) is 30.0. The zero-order valence-corrected chi connectivity index (χ0v) is 14.7. The summed E-state index contributed by atoms with van der Waals surface area (Å²) in [6.07, 6.45) is 6.47. The Morgan fingerprint density at radius 1 is 1.05 bits per heavy atom. The maximum Gasteiger partial charge on any atom is 0.215 e. The molecule has 0 saturated carbocycles. The molecule has 124 valence electrons. The Labute approximate surface area is 130 Å². The van der Waals surface area contributed by atoms with Crippen LogP contribution in [0.5, 0.6) is 0 Å². The Hall–Kier alpha value is -0.130. The number of sulfonamides is 1. The van der Waals surface area contributed by atoms with Gasteiger partial charge >= 0.3 is 0 Å². The number of rotatable bonds is 3. The quantitative estimate of drug-likeness (QED) is 0.871. The van der Waals surface area contributed by atoms with Crippen LogP contribution in [-0.4, -0.2) is 44.2 Å². The molecule has 0 aliphatic carbocycles. The molecule has 2 rings (SSSR count). The Bertz CT molecular complexity index is 422. The van der Waals surface area contributed by atoms with E-state index in [4.69, 9.17) is 0 Å². The van der Waals surface area contributed by atoms with E-state index < -0.39 is 10.0 Å². The molecule has 2 saturated heterocycles. The second kappa shape index (κ2) is 6.97. The highest BCUT2D eigenvalue weighted by atomic mass is 32.2. The summed E-state index contributed by atoms with van der Waals surface area (Å²) in [5.41, 5.74) is 0.282. The second-order valence-corrected chi connectivity index (χ2v) is 9.83. The minimum Gasteiger partial charge on any atom is -0.313 e. The van der Waals surface area contributed by atoms with Crippen molar-refractivity contribution in [1.82, 2.24) is 9.62 Å². The number of hydrogen-bond donors (Lipinski definition) is 1. The molecule has 21 heavy (non-hydrogen) atoms. The highest BCUT2D eigenvalue weighted by Crippen LogP contribution is 2.34. The summed E-state index contributed by atoms with van der Waals surface area (Å²) in [4.78, 5) is 0. The summed E-state index contributed by atoms with van der Waals surface area (Å²) < 4.78 is 27.1. The summed E-state index contributed by atoms with van der Waals surface area (Å²) in [6.45, 7) is 9.19. The molecule has 0 radical (unpaired) electrons. The van der Waals surface area contributed by atoms with Crippen LogP contribution in [0.4, 0.5) is 0 Å². The topological polar surface area (TPSA) is 49.4 Å². The first-order chi connectivity index (χ1) is 9.79. The van der Waals surface area contributed by atoms with E-state index in [1.165, 1.54) is 6.42 Å². The van der Waals surface area contributed by atoms with Crippen molar-refractivity contribution in [1.29, 1.82) is 0 Å². The lowest BCUT2D eigenvalue weighted by Gasteiger charge is -2.30. The van der Waals surface area contributed by atoms with Gasteiger partial charge in [0.2, 0.25) is 10.0 Å². The molecule has 1 N–H and O–H groups in total. The summed E-state index contributed by atoms with van der Waals surface area (Å²) in [6, 6.07) is 0.158. The molecule has 2 heterocycles. The Balaban J connectivity index is 1.94. The van der Waals surface area contributed by atoms with E-state index in [-0.39, 0.29) is 17.2 Å². The van der Waals surface area contributed by atoms with E-state index in [1.54, 1.807) is 4.31 Å². The molecule has 0 amide bonds. The van der Waals surface area contributed by atoms with Crippen molar-refractivity contribution in [2.75, 3.05) is 25.4 Å². The minimum atomic E-state index is -3.10. The van der Waals surface area contributed by atoms with E-state index in [9.17, 15) is 8.42 Å². The summed E-state index contributed by atoms with van der Waals surface area (Å²) >= 11 is 0. The van der Waals surface area contributed by atoms with Gasteiger partial charge in [0.05, 0.1) is 5.75 Å². The van der Waals surface area contributed by atoms with E-state index >= 15 is 0 Å². The van der Waals surface area contributed by atoms with Crippen LogP contribution in [0.3, 0.4) is 0 Å². The average molecular weight is 317 g/mol. The van der Waals surface area contributed by atoms with Gasteiger partial charge in [-0.25, -0.2) is 12.7 Å². The molecule has 2 fully saturated rings. The van der Waals surface area contributed by atoms with Gasteiger partial charge in [-0.2, -0.15) is 0 Å². The third kappa shape index (κ3) is 4.93. The molecule has 5 heteroatoms. The van der Waals surface area contributed by atoms with E-state index in [2.05, 4.69) is 26.1 Å². The van der Waals surface area contributed by atoms with Crippen molar-refractivity contribution < 1.29 is 8.42 Å². The maximum atomic E-state index is 12.6. The molecular formula is C16H32N2O2S. The van der Waals surface area contributed by atoms with Crippen LogP contribution in [-0.2, 0) is 10.0 Å². The van der Waals surface area contributed by atoms with Crippen LogP contribution < -0.4 is 5.32 Å². The number of nitrogens with zero attached hydrogens (tertiary/aromatic N) is 1. The molecular weight excluding hydrogens is 284 g/mol. The highest BCUT2D eigenvalue weighted by molar-refractivity contribution is 7.89. The SMILES string of the molecule is CC(C)(C)C1CCCN(S(=O)(=O)CC2CCCCN2)CC1. The fourth-order valence-corrected chi connectivity index (χ4v) is 5.43. The molecule has 0 aromatic rings. The van der Waals surface area contributed by atoms with Crippen LogP contribution in [0.1, 0.15) is 59.3 Å². The number of hydrogen-bond acceptors (Lipinski definition) is 3. The number of nitrogens with one attached hydrogen (secondary N) is 1. The lowest BCUT2D eigenvalue weighted by Crippen LogP contribution is -2.44. The van der Waals surface area contributed by atoms with Crippen molar-refractivity contribution >= 4 is 10.0 Å². The summed E-state index contributed by atoms with van der Waals surface area (Å²) in [5, 5.41) is 3.36. The van der Waals surface area contributed by atoms with Crippen LogP contribution in [0.2, 0.25) is 0 Å². The Kier molecular flexibility index (Phi) is 5.71. The molecule has 2 atom stereocenters. The average Bonchev–Trinajstić information content (AvgIpc) is 2.65. The van der Waals surface area contributed by atoms with Gasteiger partial charge in [0, 0.05) is 19.1 Å². The maximum absolute atomic E-state index is 12.6. The first-order valence-electron chi connectivity index (χ1n) is 8.50. The largest absolute Gasteiger partial charge is 0.313 e. The van der Waals surface area contributed by atoms with Gasteiger partial charge in [-0.3, -0.25) is 0 Å². The van der Waals surface area contributed by atoms with Gasteiger partial charge in [0.25, 0.3) is 0 Å². The van der Waals surface area contributed by atoms with Crippen LogP contribution >= 0.6 is 0 Å². The van der Waals surface area contributed by atoms with E-state index in [0.29, 0.717) is 19.0 Å². The predicted molar refractivity (Wildman–Crippen MR) is 87.8 cm³/mol. The number of piperidine rings is 1. The first-order valence-corrected chi connectivity index (χ1v) is 10.1. The standard InChI is InChI=1S/C16H32N2O2S/c1-16(2,3)14-7-6-11-18(12-9-14)21(19,20)13-15-8-4-5-10-17-15/h14-15,17H,4-13H2,1-3H3. The van der Waals surface area contributed by atoms with Crippen molar-refractivity contribution in [2.24, 2.45) is 11.3 Å². The Morgan fingerprint density at radius 3 is 2.43 bits per heavy atom. The van der Waals surface area contributed by atoms with Crippen molar-refractivity contribution in [2.45, 2.75) is 65.3 Å². The molecule has 0 spiro atoms. The van der Waals surface area contributed by atoms with Crippen LogP contribution in [0.25, 0.3) is 0 Å².